The van der Waals surface area contributed by atoms with Gasteiger partial charge in [-0.1, -0.05) is 28.1 Å². The molecule has 3 aromatic rings. The fourth-order valence-electron chi connectivity index (χ4n) is 3.31. The quantitative estimate of drug-likeness (QED) is 0.596. The topological polar surface area (TPSA) is 96.0 Å². The molecular formula is C21H18BrN3O3S. The molecule has 29 heavy (non-hydrogen) atoms. The average molecular weight is 472 g/mol. The summed E-state index contributed by atoms with van der Waals surface area (Å²) >= 11 is 3.46. The third-order valence-corrected chi connectivity index (χ3v) is 6.25. The van der Waals surface area contributed by atoms with E-state index in [1.54, 1.807) is 24.3 Å². The monoisotopic (exact) mass is 471 g/mol. The number of phenolic OH excluding ortho intramolecular Hbond substituents is 1. The largest absolute Gasteiger partial charge is 0.508 e. The molecule has 1 unspecified atom stereocenters. The predicted octanol–water partition coefficient (Wildman–Crippen LogP) is 4.16. The smallest absolute Gasteiger partial charge is 0.238 e. The number of anilines is 1. The number of halogens is 1. The zero-order chi connectivity index (χ0) is 20.6. The Balaban J connectivity index is 1.74. The second-order valence-corrected chi connectivity index (χ2v) is 9.23. The third-order valence-electron chi connectivity index (χ3n) is 4.80. The molecule has 0 aliphatic carbocycles. The number of hydrogen-bond acceptors (Lipinski definition) is 5. The van der Waals surface area contributed by atoms with E-state index in [1.165, 1.54) is 12.1 Å². The van der Waals surface area contributed by atoms with Gasteiger partial charge in [-0.15, -0.1) is 0 Å². The van der Waals surface area contributed by atoms with E-state index < -0.39 is 10.0 Å². The molecule has 148 valence electrons. The van der Waals surface area contributed by atoms with Crippen LogP contribution in [-0.4, -0.2) is 19.2 Å². The van der Waals surface area contributed by atoms with E-state index >= 15 is 0 Å². The molecule has 4 rings (SSSR count). The third kappa shape index (κ3) is 4.19. The van der Waals surface area contributed by atoms with Gasteiger partial charge in [0.15, 0.2) is 0 Å². The number of aromatic hydroxyl groups is 1. The molecule has 3 aromatic carbocycles. The summed E-state index contributed by atoms with van der Waals surface area (Å²) in [7, 11) is -3.75. The molecule has 0 radical (unpaired) electrons. The number of benzene rings is 3. The highest BCUT2D eigenvalue weighted by Gasteiger charge is 2.30. The van der Waals surface area contributed by atoms with Gasteiger partial charge >= 0.3 is 0 Å². The van der Waals surface area contributed by atoms with Crippen LogP contribution in [0.2, 0.25) is 0 Å². The van der Waals surface area contributed by atoms with Gasteiger partial charge in [0.2, 0.25) is 10.0 Å². The van der Waals surface area contributed by atoms with Gasteiger partial charge in [0.05, 0.1) is 22.3 Å². The van der Waals surface area contributed by atoms with Gasteiger partial charge in [0.25, 0.3) is 0 Å². The van der Waals surface area contributed by atoms with Crippen LogP contribution in [0.25, 0.3) is 0 Å². The molecule has 1 atom stereocenters. The maximum absolute atomic E-state index is 11.6. The summed E-state index contributed by atoms with van der Waals surface area (Å²) in [4.78, 5) is 0.0587. The molecule has 0 saturated carbocycles. The van der Waals surface area contributed by atoms with Crippen LogP contribution in [0.5, 0.6) is 5.75 Å². The van der Waals surface area contributed by atoms with Gasteiger partial charge in [-0.3, -0.25) is 5.01 Å². The van der Waals surface area contributed by atoms with Crippen molar-refractivity contribution in [1.82, 2.24) is 0 Å². The van der Waals surface area contributed by atoms with Crippen LogP contribution in [0, 0.1) is 0 Å². The molecule has 0 bridgehead atoms. The van der Waals surface area contributed by atoms with E-state index in [0.29, 0.717) is 6.42 Å². The Kier molecular flexibility index (Phi) is 5.16. The Morgan fingerprint density at radius 1 is 0.966 bits per heavy atom. The normalized spacial score (nSPS) is 16.7. The minimum Gasteiger partial charge on any atom is -0.508 e. The number of sulfonamides is 1. The molecule has 0 aromatic heterocycles. The van der Waals surface area contributed by atoms with Crippen molar-refractivity contribution in [2.45, 2.75) is 17.4 Å². The first-order chi connectivity index (χ1) is 13.8. The fraction of sp³-hybridized carbons (Fsp3) is 0.0952. The summed E-state index contributed by atoms with van der Waals surface area (Å²) in [5.41, 5.74) is 3.65. The number of rotatable bonds is 4. The standard InChI is InChI=1S/C21H18BrN3O3S/c22-16-5-1-15(2-6-16)21-13-20(14-3-9-18(26)10-4-14)24-25(21)17-7-11-19(12-8-17)29(23,27)28/h1-12,21,26H,13H2,(H2,23,27,28). The van der Waals surface area contributed by atoms with E-state index in [-0.39, 0.29) is 16.7 Å². The summed E-state index contributed by atoms with van der Waals surface area (Å²) in [6.45, 7) is 0. The average Bonchev–Trinajstić information content (AvgIpc) is 3.14. The van der Waals surface area contributed by atoms with Crippen LogP contribution in [0.3, 0.4) is 0 Å². The van der Waals surface area contributed by atoms with E-state index in [0.717, 1.165) is 27.0 Å². The SMILES string of the molecule is NS(=O)(=O)c1ccc(N2N=C(c3ccc(O)cc3)CC2c2ccc(Br)cc2)cc1. The van der Waals surface area contributed by atoms with Crippen molar-refractivity contribution >= 4 is 37.4 Å². The molecule has 0 spiro atoms. The molecule has 1 aliphatic rings. The number of hydrogen-bond donors (Lipinski definition) is 2. The first-order valence-corrected chi connectivity index (χ1v) is 11.2. The van der Waals surface area contributed by atoms with Crippen molar-refractivity contribution in [3.63, 3.8) is 0 Å². The number of hydrazone groups is 1. The van der Waals surface area contributed by atoms with Crippen LogP contribution in [0.1, 0.15) is 23.6 Å². The maximum Gasteiger partial charge on any atom is 0.238 e. The molecule has 0 amide bonds. The van der Waals surface area contributed by atoms with E-state index in [1.807, 2.05) is 41.4 Å². The molecular weight excluding hydrogens is 454 g/mol. The molecule has 0 saturated heterocycles. The van der Waals surface area contributed by atoms with Crippen molar-refractivity contribution < 1.29 is 13.5 Å². The Bertz CT molecular complexity index is 1160. The Hall–Kier alpha value is -2.68. The molecule has 1 aliphatic heterocycles. The van der Waals surface area contributed by atoms with Crippen molar-refractivity contribution in [1.29, 1.82) is 0 Å². The lowest BCUT2D eigenvalue weighted by Gasteiger charge is -2.24. The highest BCUT2D eigenvalue weighted by Crippen LogP contribution is 2.37. The Morgan fingerprint density at radius 2 is 1.59 bits per heavy atom. The Labute approximate surface area is 177 Å². The Morgan fingerprint density at radius 3 is 2.17 bits per heavy atom. The first-order valence-electron chi connectivity index (χ1n) is 8.86. The number of phenols is 1. The second-order valence-electron chi connectivity index (χ2n) is 6.75. The lowest BCUT2D eigenvalue weighted by atomic mass is 9.98. The van der Waals surface area contributed by atoms with Crippen LogP contribution in [0.4, 0.5) is 5.69 Å². The summed E-state index contributed by atoms with van der Waals surface area (Å²) in [6.07, 6.45) is 0.670. The van der Waals surface area contributed by atoms with Crippen LogP contribution >= 0.6 is 15.9 Å². The first kappa shape index (κ1) is 19.6. The van der Waals surface area contributed by atoms with E-state index in [2.05, 4.69) is 15.9 Å². The summed E-state index contributed by atoms with van der Waals surface area (Å²) in [6, 6.07) is 21.3. The molecule has 3 N–H and O–H groups in total. The van der Waals surface area contributed by atoms with E-state index in [4.69, 9.17) is 10.2 Å². The highest BCUT2D eigenvalue weighted by atomic mass is 79.9. The van der Waals surface area contributed by atoms with Gasteiger partial charge in [-0.2, -0.15) is 5.10 Å². The molecule has 6 nitrogen and oxygen atoms in total. The van der Waals surface area contributed by atoms with Crippen molar-refractivity contribution in [2.75, 3.05) is 5.01 Å². The lowest BCUT2D eigenvalue weighted by Crippen LogP contribution is -2.19. The maximum atomic E-state index is 11.6. The molecule has 0 fully saturated rings. The van der Waals surface area contributed by atoms with E-state index in [9.17, 15) is 13.5 Å². The van der Waals surface area contributed by atoms with Crippen molar-refractivity contribution in [3.05, 3.63) is 88.4 Å². The summed E-state index contributed by atoms with van der Waals surface area (Å²) in [5, 5.41) is 21.5. The van der Waals surface area contributed by atoms with Gasteiger partial charge in [-0.05, 0) is 71.8 Å². The second kappa shape index (κ2) is 7.62. The van der Waals surface area contributed by atoms with Crippen molar-refractivity contribution in [3.8, 4) is 5.75 Å². The number of nitrogens with two attached hydrogens (primary N) is 1. The van der Waals surface area contributed by atoms with Crippen molar-refractivity contribution in [2.24, 2.45) is 10.2 Å². The minimum absolute atomic E-state index is 0.0489. The molecule has 8 heteroatoms. The van der Waals surface area contributed by atoms with Gasteiger partial charge in [0.1, 0.15) is 5.75 Å². The van der Waals surface area contributed by atoms with Crippen LogP contribution in [-0.2, 0) is 10.0 Å². The van der Waals surface area contributed by atoms with Gasteiger partial charge in [0, 0.05) is 10.9 Å². The summed E-state index contributed by atoms with van der Waals surface area (Å²) in [5.74, 6) is 0.201. The highest BCUT2D eigenvalue weighted by molar-refractivity contribution is 9.10. The molecule has 1 heterocycles. The zero-order valence-corrected chi connectivity index (χ0v) is 17.6. The van der Waals surface area contributed by atoms with Gasteiger partial charge < -0.3 is 5.11 Å². The summed E-state index contributed by atoms with van der Waals surface area (Å²) < 4.78 is 24.1. The number of nitrogens with zero attached hydrogens (tertiary/aromatic N) is 2. The lowest BCUT2D eigenvalue weighted by molar-refractivity contribution is 0.475. The fourth-order valence-corrected chi connectivity index (χ4v) is 4.09. The van der Waals surface area contributed by atoms with Gasteiger partial charge in [-0.25, -0.2) is 13.6 Å². The minimum atomic E-state index is -3.75. The number of primary sulfonamides is 1. The zero-order valence-electron chi connectivity index (χ0n) is 15.2. The predicted molar refractivity (Wildman–Crippen MR) is 116 cm³/mol. The van der Waals surface area contributed by atoms with Crippen LogP contribution in [0.15, 0.2) is 87.3 Å². The van der Waals surface area contributed by atoms with Crippen LogP contribution < -0.4 is 10.1 Å².